The molecule has 0 aliphatic carbocycles. The van der Waals surface area contributed by atoms with Crippen molar-refractivity contribution < 1.29 is 13.2 Å². The Bertz CT molecular complexity index is 726. The smallest absolute Gasteiger partial charge is 0.211 e. The molecule has 1 aromatic carbocycles. The second kappa shape index (κ2) is 8.54. The Morgan fingerprint density at radius 2 is 2.16 bits per heavy atom. The zero-order valence-electron chi connectivity index (χ0n) is 14.2. The van der Waals surface area contributed by atoms with E-state index in [2.05, 4.69) is 10.3 Å². The maximum absolute atomic E-state index is 11.8. The summed E-state index contributed by atoms with van der Waals surface area (Å²) in [6.07, 6.45) is 3.75. The van der Waals surface area contributed by atoms with Crippen LogP contribution in [0.3, 0.4) is 0 Å². The van der Waals surface area contributed by atoms with Crippen molar-refractivity contribution >= 4 is 40.0 Å². The number of guanidine groups is 1. The molecule has 2 aliphatic heterocycles. The number of nitrogens with zero attached hydrogens (tertiary/aromatic N) is 2. The molecule has 0 amide bonds. The highest BCUT2D eigenvalue weighted by Gasteiger charge is 2.31. The van der Waals surface area contributed by atoms with Crippen molar-refractivity contribution in [3.05, 3.63) is 29.8 Å². The lowest BCUT2D eigenvalue weighted by Gasteiger charge is -2.27. The zero-order valence-corrected chi connectivity index (χ0v) is 17.4. The molecule has 0 saturated carbocycles. The highest BCUT2D eigenvalue weighted by atomic mass is 127. The molecular weight excluding hydrogens is 455 g/mol. The van der Waals surface area contributed by atoms with Crippen LogP contribution < -0.4 is 15.8 Å². The van der Waals surface area contributed by atoms with Gasteiger partial charge in [0.15, 0.2) is 5.96 Å². The van der Waals surface area contributed by atoms with Gasteiger partial charge in [-0.15, -0.1) is 24.0 Å². The summed E-state index contributed by atoms with van der Waals surface area (Å²) in [5.41, 5.74) is 7.09. The predicted molar refractivity (Wildman–Crippen MR) is 109 cm³/mol. The molecule has 0 spiro atoms. The Morgan fingerprint density at radius 3 is 2.92 bits per heavy atom. The summed E-state index contributed by atoms with van der Waals surface area (Å²) >= 11 is 0. The molecule has 3 N–H and O–H groups in total. The van der Waals surface area contributed by atoms with Gasteiger partial charge in [0.25, 0.3) is 0 Å². The fraction of sp³-hybridized carbons (Fsp3) is 0.562. The van der Waals surface area contributed by atoms with E-state index in [1.807, 2.05) is 24.3 Å². The number of hydrogen-bond acceptors (Lipinski definition) is 4. The highest BCUT2D eigenvalue weighted by Crippen LogP contribution is 2.31. The Balaban J connectivity index is 0.00000225. The SMILES string of the molecule is CS(=O)(=O)N1CCC[C@@H]1CN=C(N)NC1CCOc2ccccc21.I. The van der Waals surface area contributed by atoms with Crippen LogP contribution in [0, 0.1) is 0 Å². The number of aliphatic imine (C=N–C) groups is 1. The zero-order chi connectivity index (χ0) is 17.2. The van der Waals surface area contributed by atoms with Crippen molar-refractivity contribution in [2.24, 2.45) is 10.7 Å². The number of nitrogens with two attached hydrogens (primary N) is 1. The average Bonchev–Trinajstić information content (AvgIpc) is 3.02. The summed E-state index contributed by atoms with van der Waals surface area (Å²) in [4.78, 5) is 4.37. The molecule has 9 heteroatoms. The van der Waals surface area contributed by atoms with Gasteiger partial charge in [-0.25, -0.2) is 8.42 Å². The first-order chi connectivity index (χ1) is 11.4. The van der Waals surface area contributed by atoms with Crippen molar-refractivity contribution in [1.29, 1.82) is 0 Å². The van der Waals surface area contributed by atoms with E-state index < -0.39 is 10.0 Å². The number of ether oxygens (including phenoxy) is 1. The van der Waals surface area contributed by atoms with Gasteiger partial charge in [-0.1, -0.05) is 18.2 Å². The molecule has 2 aliphatic rings. The van der Waals surface area contributed by atoms with E-state index >= 15 is 0 Å². The molecule has 0 aromatic heterocycles. The van der Waals surface area contributed by atoms with Gasteiger partial charge in [0.1, 0.15) is 5.75 Å². The molecule has 0 radical (unpaired) electrons. The Hall–Kier alpha value is -1.07. The van der Waals surface area contributed by atoms with Gasteiger partial charge < -0.3 is 15.8 Å². The largest absolute Gasteiger partial charge is 0.493 e. The number of benzene rings is 1. The third-order valence-corrected chi connectivity index (χ3v) is 5.83. The topological polar surface area (TPSA) is 97.0 Å². The number of para-hydroxylation sites is 1. The van der Waals surface area contributed by atoms with Crippen molar-refractivity contribution in [3.8, 4) is 5.75 Å². The molecule has 1 aromatic rings. The summed E-state index contributed by atoms with van der Waals surface area (Å²) < 4.78 is 30.7. The van der Waals surface area contributed by atoms with E-state index in [1.54, 1.807) is 0 Å². The fourth-order valence-corrected chi connectivity index (χ4v) is 4.52. The van der Waals surface area contributed by atoms with Crippen LogP contribution in [-0.4, -0.2) is 50.7 Å². The van der Waals surface area contributed by atoms with Crippen molar-refractivity contribution in [3.63, 3.8) is 0 Å². The molecule has 0 bridgehead atoms. The van der Waals surface area contributed by atoms with Crippen LogP contribution in [-0.2, 0) is 10.0 Å². The van der Waals surface area contributed by atoms with E-state index in [0.29, 0.717) is 25.7 Å². The molecule has 1 unspecified atom stereocenters. The molecule has 2 heterocycles. The third kappa shape index (κ3) is 4.98. The Kier molecular flexibility index (Phi) is 6.92. The van der Waals surface area contributed by atoms with E-state index in [1.165, 1.54) is 10.6 Å². The molecule has 2 atom stereocenters. The number of fused-ring (bicyclic) bond motifs is 1. The second-order valence-electron chi connectivity index (χ2n) is 6.27. The molecule has 140 valence electrons. The summed E-state index contributed by atoms with van der Waals surface area (Å²) in [5, 5.41) is 3.23. The van der Waals surface area contributed by atoms with Crippen LogP contribution >= 0.6 is 24.0 Å². The van der Waals surface area contributed by atoms with Crippen LogP contribution in [0.4, 0.5) is 0 Å². The molecule has 1 saturated heterocycles. The van der Waals surface area contributed by atoms with Gasteiger partial charge >= 0.3 is 0 Å². The van der Waals surface area contributed by atoms with Crippen LogP contribution in [0.2, 0.25) is 0 Å². The summed E-state index contributed by atoms with van der Waals surface area (Å²) in [7, 11) is -3.18. The predicted octanol–water partition coefficient (Wildman–Crippen LogP) is 1.46. The van der Waals surface area contributed by atoms with Gasteiger partial charge in [-0.2, -0.15) is 4.31 Å². The van der Waals surface area contributed by atoms with Crippen LogP contribution in [0.25, 0.3) is 0 Å². The number of nitrogens with one attached hydrogen (secondary N) is 1. The number of sulfonamides is 1. The van der Waals surface area contributed by atoms with Gasteiger partial charge in [0.05, 0.1) is 25.4 Å². The van der Waals surface area contributed by atoms with Crippen molar-refractivity contribution in [2.75, 3.05) is 26.0 Å². The van der Waals surface area contributed by atoms with Gasteiger partial charge in [-0.3, -0.25) is 4.99 Å². The average molecular weight is 480 g/mol. The molecule has 7 nitrogen and oxygen atoms in total. The van der Waals surface area contributed by atoms with Crippen molar-refractivity contribution in [1.82, 2.24) is 9.62 Å². The van der Waals surface area contributed by atoms with E-state index in [4.69, 9.17) is 10.5 Å². The molecule has 3 rings (SSSR count). The minimum Gasteiger partial charge on any atom is -0.493 e. The maximum atomic E-state index is 11.8. The normalized spacial score (nSPS) is 24.1. The lowest BCUT2D eigenvalue weighted by atomic mass is 10.0. The number of rotatable bonds is 4. The minimum atomic E-state index is -3.18. The summed E-state index contributed by atoms with van der Waals surface area (Å²) in [6, 6.07) is 7.84. The third-order valence-electron chi connectivity index (χ3n) is 4.50. The van der Waals surface area contributed by atoms with Crippen LogP contribution in [0.1, 0.15) is 30.9 Å². The molecule has 1 fully saturated rings. The lowest BCUT2D eigenvalue weighted by Crippen LogP contribution is -2.40. The van der Waals surface area contributed by atoms with Gasteiger partial charge in [0.2, 0.25) is 10.0 Å². The fourth-order valence-electron chi connectivity index (χ4n) is 3.35. The van der Waals surface area contributed by atoms with Crippen molar-refractivity contribution in [2.45, 2.75) is 31.3 Å². The maximum Gasteiger partial charge on any atom is 0.211 e. The summed E-state index contributed by atoms with van der Waals surface area (Å²) in [6.45, 7) is 1.59. The van der Waals surface area contributed by atoms with E-state index in [-0.39, 0.29) is 36.1 Å². The monoisotopic (exact) mass is 480 g/mol. The molecular formula is C16H25IN4O3S. The Morgan fingerprint density at radius 1 is 1.40 bits per heavy atom. The quantitative estimate of drug-likeness (QED) is 0.387. The highest BCUT2D eigenvalue weighted by molar-refractivity contribution is 14.0. The number of halogens is 1. The number of hydrogen-bond donors (Lipinski definition) is 2. The Labute approximate surface area is 166 Å². The van der Waals surface area contributed by atoms with Gasteiger partial charge in [0, 0.05) is 24.6 Å². The second-order valence-corrected chi connectivity index (χ2v) is 8.20. The first-order valence-corrected chi connectivity index (χ1v) is 10.0. The van der Waals surface area contributed by atoms with Crippen LogP contribution in [0.5, 0.6) is 5.75 Å². The lowest BCUT2D eigenvalue weighted by molar-refractivity contribution is 0.262. The minimum absolute atomic E-state index is 0. The first-order valence-electron chi connectivity index (χ1n) is 8.20. The van der Waals surface area contributed by atoms with E-state index in [9.17, 15) is 8.42 Å². The molecule has 25 heavy (non-hydrogen) atoms. The standard InChI is InChI=1S/C16H24N4O3S.HI/c1-24(21,22)20-9-4-5-12(20)11-18-16(17)19-14-8-10-23-15-7-3-2-6-13(14)15;/h2-3,6-7,12,14H,4-5,8-11H2,1H3,(H3,17,18,19);1H/t12-,14?;/m1./s1. The van der Waals surface area contributed by atoms with E-state index in [0.717, 1.165) is 30.6 Å². The first kappa shape index (κ1) is 20.2. The van der Waals surface area contributed by atoms with Gasteiger partial charge in [-0.05, 0) is 18.9 Å². The van der Waals surface area contributed by atoms with Crippen LogP contribution in [0.15, 0.2) is 29.3 Å². The summed E-state index contributed by atoms with van der Waals surface area (Å²) in [5.74, 6) is 1.21.